The van der Waals surface area contributed by atoms with E-state index in [0.29, 0.717) is 24.0 Å². The van der Waals surface area contributed by atoms with Crippen LogP contribution in [0.25, 0.3) is 0 Å². The fourth-order valence-corrected chi connectivity index (χ4v) is 3.22. The molecule has 132 valence electrons. The number of nitrogen functional groups attached to an aromatic ring is 1. The number of nitrogens with zero attached hydrogens (tertiary/aromatic N) is 3. The van der Waals surface area contributed by atoms with Gasteiger partial charge >= 0.3 is 35.5 Å². The molecule has 0 saturated heterocycles. The van der Waals surface area contributed by atoms with Gasteiger partial charge in [0, 0.05) is 18.4 Å². The average Bonchev–Trinajstić information content (AvgIpc) is 3.04. The van der Waals surface area contributed by atoms with Crippen LogP contribution in [-0.2, 0) is 11.2 Å². The number of hydrogen-bond acceptors (Lipinski definition) is 4. The standard InChI is InChI=1S/C17H22N4O2.Na.H2O.H/c18-16-7-6-12(9-19-16)8-14(17(22)23)15-10-21(11-20-15)13-4-2-1-3-5-13;;;/h6-7,9-11,13-14H,1-5,8H2,(H2,18,19)(H,22,23);;1H2;/q;+1;;-1/t14-;;;/m1.../s1. The fourth-order valence-electron chi connectivity index (χ4n) is 3.22. The van der Waals surface area contributed by atoms with Crippen molar-refractivity contribution in [1.29, 1.82) is 0 Å². The van der Waals surface area contributed by atoms with Crippen LogP contribution in [0.5, 0.6) is 0 Å². The van der Waals surface area contributed by atoms with Crippen LogP contribution in [0.4, 0.5) is 5.82 Å². The first-order chi connectivity index (χ1) is 11.1. The van der Waals surface area contributed by atoms with Gasteiger partial charge in [-0.2, -0.15) is 0 Å². The minimum atomic E-state index is -0.865. The number of anilines is 1. The Morgan fingerprint density at radius 1 is 1.32 bits per heavy atom. The van der Waals surface area contributed by atoms with Crippen molar-refractivity contribution in [3.05, 3.63) is 42.1 Å². The molecule has 0 bridgehead atoms. The minimum absolute atomic E-state index is 0. The summed E-state index contributed by atoms with van der Waals surface area (Å²) in [4.78, 5) is 20.0. The van der Waals surface area contributed by atoms with Gasteiger partial charge in [-0.15, -0.1) is 0 Å². The first kappa shape index (κ1) is 21.6. The van der Waals surface area contributed by atoms with Crippen molar-refractivity contribution >= 4 is 11.8 Å². The zero-order chi connectivity index (χ0) is 16.2. The Morgan fingerprint density at radius 3 is 2.64 bits per heavy atom. The summed E-state index contributed by atoms with van der Waals surface area (Å²) >= 11 is 0. The van der Waals surface area contributed by atoms with E-state index in [-0.39, 0.29) is 36.5 Å². The van der Waals surface area contributed by atoms with Crippen LogP contribution >= 0.6 is 0 Å². The molecule has 0 radical (unpaired) electrons. The maximum atomic E-state index is 11.7. The third-order valence-corrected chi connectivity index (χ3v) is 4.56. The molecule has 5 N–H and O–H groups in total. The van der Waals surface area contributed by atoms with Gasteiger partial charge in [0.05, 0.1) is 12.0 Å². The molecule has 1 saturated carbocycles. The Morgan fingerprint density at radius 2 is 2.04 bits per heavy atom. The van der Waals surface area contributed by atoms with E-state index in [9.17, 15) is 9.90 Å². The van der Waals surface area contributed by atoms with Crippen molar-refractivity contribution in [2.45, 2.75) is 50.5 Å². The Labute approximate surface area is 170 Å². The van der Waals surface area contributed by atoms with Crippen molar-refractivity contribution in [3.63, 3.8) is 0 Å². The number of aromatic nitrogens is 3. The zero-order valence-electron chi connectivity index (χ0n) is 15.6. The minimum Gasteiger partial charge on any atom is -1.00 e. The molecule has 3 rings (SSSR count). The predicted octanol–water partition coefficient (Wildman–Crippen LogP) is -0.932. The largest absolute Gasteiger partial charge is 1.00 e. The van der Waals surface area contributed by atoms with Crippen LogP contribution in [0, 0.1) is 0 Å². The second kappa shape index (κ2) is 9.91. The molecule has 2 aromatic heterocycles. The summed E-state index contributed by atoms with van der Waals surface area (Å²) in [7, 11) is 0. The number of hydrogen-bond donors (Lipinski definition) is 2. The van der Waals surface area contributed by atoms with E-state index < -0.39 is 11.9 Å². The molecule has 25 heavy (non-hydrogen) atoms. The Hall–Kier alpha value is -1.41. The summed E-state index contributed by atoms with van der Waals surface area (Å²) in [6.07, 6.45) is 11.7. The Kier molecular flexibility index (Phi) is 8.58. The molecule has 0 amide bonds. The van der Waals surface area contributed by atoms with Gasteiger partial charge in [-0.25, -0.2) is 9.97 Å². The normalized spacial score (nSPS) is 15.7. The maximum Gasteiger partial charge on any atom is 1.00 e. The van der Waals surface area contributed by atoms with Gasteiger partial charge in [0.15, 0.2) is 0 Å². The second-order valence-corrected chi connectivity index (χ2v) is 6.22. The first-order valence-corrected chi connectivity index (χ1v) is 8.10. The molecule has 1 aliphatic rings. The fraction of sp³-hybridized carbons (Fsp3) is 0.471. The molecule has 2 heterocycles. The molecule has 1 aliphatic carbocycles. The molecule has 0 aromatic carbocycles. The molecule has 2 aromatic rings. The van der Waals surface area contributed by atoms with Gasteiger partial charge in [0.25, 0.3) is 0 Å². The van der Waals surface area contributed by atoms with E-state index in [0.717, 1.165) is 18.4 Å². The van der Waals surface area contributed by atoms with Gasteiger partial charge in [-0.05, 0) is 30.9 Å². The summed E-state index contributed by atoms with van der Waals surface area (Å²) in [5.41, 5.74) is 7.03. The predicted molar refractivity (Wildman–Crippen MR) is 91.8 cm³/mol. The van der Waals surface area contributed by atoms with Crippen molar-refractivity contribution in [3.8, 4) is 0 Å². The summed E-state index contributed by atoms with van der Waals surface area (Å²) in [5, 5.41) is 9.57. The first-order valence-electron chi connectivity index (χ1n) is 8.10. The molecule has 1 fully saturated rings. The quantitative estimate of drug-likeness (QED) is 0.669. The van der Waals surface area contributed by atoms with E-state index in [1.54, 1.807) is 18.6 Å². The molecule has 1 atom stereocenters. The number of carboxylic acid groups (broad SMARTS) is 1. The van der Waals surface area contributed by atoms with Crippen molar-refractivity contribution in [2.24, 2.45) is 0 Å². The summed E-state index contributed by atoms with van der Waals surface area (Å²) < 4.78 is 2.09. The SMILES string of the molecule is Nc1ccc(C[C@@H](C(=O)O)c2cn(C3CCCCC3)cn2)cn1.O.[H-].[Na+]. The van der Waals surface area contributed by atoms with Crippen molar-refractivity contribution < 1.29 is 46.4 Å². The average molecular weight is 356 g/mol. The van der Waals surface area contributed by atoms with Gasteiger partial charge in [0.1, 0.15) is 11.7 Å². The molecule has 8 heteroatoms. The van der Waals surface area contributed by atoms with E-state index in [4.69, 9.17) is 5.73 Å². The molecule has 0 unspecified atom stereocenters. The molecular formula is C17H25N4NaO3. The number of aliphatic carboxylic acids is 1. The van der Waals surface area contributed by atoms with Crippen LogP contribution in [-0.4, -0.2) is 31.1 Å². The van der Waals surface area contributed by atoms with E-state index in [1.807, 2.05) is 12.3 Å². The zero-order valence-corrected chi connectivity index (χ0v) is 16.6. The number of nitrogens with two attached hydrogens (primary N) is 1. The van der Waals surface area contributed by atoms with Crippen LogP contribution in [0.15, 0.2) is 30.9 Å². The number of carbonyl (C=O) groups is 1. The third-order valence-electron chi connectivity index (χ3n) is 4.56. The number of rotatable bonds is 5. The Bertz CT molecular complexity index is 675. The van der Waals surface area contributed by atoms with E-state index in [2.05, 4.69) is 14.5 Å². The summed E-state index contributed by atoms with van der Waals surface area (Å²) in [6, 6.07) is 3.96. The van der Waals surface area contributed by atoms with E-state index in [1.165, 1.54) is 19.3 Å². The number of imidazole rings is 1. The van der Waals surface area contributed by atoms with E-state index >= 15 is 0 Å². The third kappa shape index (κ3) is 5.54. The van der Waals surface area contributed by atoms with Crippen LogP contribution < -0.4 is 35.3 Å². The topological polar surface area (TPSA) is 126 Å². The smallest absolute Gasteiger partial charge is 1.00 e. The van der Waals surface area contributed by atoms with Gasteiger partial charge in [-0.1, -0.05) is 25.3 Å². The van der Waals surface area contributed by atoms with Crippen molar-refractivity contribution in [1.82, 2.24) is 14.5 Å². The van der Waals surface area contributed by atoms with Gasteiger partial charge < -0.3 is 22.3 Å². The molecule has 0 aliphatic heterocycles. The molecule has 0 spiro atoms. The number of carboxylic acids is 1. The second-order valence-electron chi connectivity index (χ2n) is 6.22. The molecule has 7 nitrogen and oxygen atoms in total. The molecular weight excluding hydrogens is 331 g/mol. The van der Waals surface area contributed by atoms with Gasteiger partial charge in [-0.3, -0.25) is 4.79 Å². The van der Waals surface area contributed by atoms with Crippen LogP contribution in [0.2, 0.25) is 0 Å². The van der Waals surface area contributed by atoms with Crippen LogP contribution in [0.1, 0.15) is 56.7 Å². The van der Waals surface area contributed by atoms with Crippen molar-refractivity contribution in [2.75, 3.05) is 5.73 Å². The summed E-state index contributed by atoms with van der Waals surface area (Å²) in [6.45, 7) is 0. The van der Waals surface area contributed by atoms with Crippen LogP contribution in [0.3, 0.4) is 0 Å². The maximum absolute atomic E-state index is 11.7. The van der Waals surface area contributed by atoms with Gasteiger partial charge in [0.2, 0.25) is 0 Å². The number of pyridine rings is 1. The monoisotopic (exact) mass is 356 g/mol. The Balaban J connectivity index is 0.00000208. The summed E-state index contributed by atoms with van der Waals surface area (Å²) in [5.74, 6) is -1.09.